The van der Waals surface area contributed by atoms with Gasteiger partial charge < -0.3 is 10.1 Å². The molecule has 1 saturated heterocycles. The van der Waals surface area contributed by atoms with Crippen molar-refractivity contribution < 1.29 is 4.74 Å². The van der Waals surface area contributed by atoms with E-state index in [0.29, 0.717) is 6.04 Å². The molecular formula is C18H29NO. The third kappa shape index (κ3) is 4.92. The predicted molar refractivity (Wildman–Crippen MR) is 84.8 cm³/mol. The highest BCUT2D eigenvalue weighted by Crippen LogP contribution is 2.19. The minimum Gasteiger partial charge on any atom is -0.381 e. The minimum atomic E-state index is 0.578. The fourth-order valence-corrected chi connectivity index (χ4v) is 2.93. The lowest BCUT2D eigenvalue weighted by atomic mass is 9.93. The number of hydrogen-bond acceptors (Lipinski definition) is 2. The average Bonchev–Trinajstić information content (AvgIpc) is 2.46. The van der Waals surface area contributed by atoms with Crippen molar-refractivity contribution in [1.82, 2.24) is 5.32 Å². The third-order valence-electron chi connectivity index (χ3n) is 4.27. The summed E-state index contributed by atoms with van der Waals surface area (Å²) in [7, 11) is 0. The number of benzene rings is 1. The summed E-state index contributed by atoms with van der Waals surface area (Å²) in [6, 6.07) is 9.66. The van der Waals surface area contributed by atoms with Gasteiger partial charge in [0.1, 0.15) is 0 Å². The monoisotopic (exact) mass is 275 g/mol. The van der Waals surface area contributed by atoms with E-state index < -0.39 is 0 Å². The number of hydrogen-bond donors (Lipinski definition) is 1. The van der Waals surface area contributed by atoms with Crippen LogP contribution in [-0.4, -0.2) is 19.3 Å². The molecule has 1 heterocycles. The van der Waals surface area contributed by atoms with Crippen LogP contribution in [0.1, 0.15) is 44.7 Å². The maximum Gasteiger partial charge on any atom is 0.0469 e. The molecular weight excluding hydrogens is 246 g/mol. The first-order chi connectivity index (χ1) is 9.65. The van der Waals surface area contributed by atoms with Gasteiger partial charge in [0.2, 0.25) is 0 Å². The van der Waals surface area contributed by atoms with E-state index in [2.05, 4.69) is 50.4 Å². The van der Waals surface area contributed by atoms with Crippen molar-refractivity contribution >= 4 is 0 Å². The van der Waals surface area contributed by atoms with Crippen LogP contribution in [0.3, 0.4) is 0 Å². The van der Waals surface area contributed by atoms with Gasteiger partial charge in [-0.1, -0.05) is 38.1 Å². The van der Waals surface area contributed by atoms with Gasteiger partial charge in [-0.15, -0.1) is 0 Å². The number of ether oxygens (including phenoxy) is 1. The zero-order chi connectivity index (χ0) is 14.4. The van der Waals surface area contributed by atoms with E-state index in [0.717, 1.165) is 31.6 Å². The Hall–Kier alpha value is -0.860. The highest BCUT2D eigenvalue weighted by atomic mass is 16.5. The summed E-state index contributed by atoms with van der Waals surface area (Å²) < 4.78 is 5.43. The molecule has 0 aliphatic carbocycles. The van der Waals surface area contributed by atoms with E-state index in [9.17, 15) is 0 Å². The van der Waals surface area contributed by atoms with Crippen LogP contribution in [0.25, 0.3) is 0 Å². The molecule has 1 unspecified atom stereocenters. The molecule has 112 valence electrons. The lowest BCUT2D eigenvalue weighted by molar-refractivity contribution is 0.0558. The quantitative estimate of drug-likeness (QED) is 0.853. The molecule has 1 fully saturated rings. The predicted octanol–water partition coefficient (Wildman–Crippen LogP) is 3.79. The molecule has 0 aromatic heterocycles. The van der Waals surface area contributed by atoms with E-state index in [1.807, 2.05) is 0 Å². The molecule has 1 aliphatic rings. The Labute approximate surface area is 123 Å². The Morgan fingerprint density at radius 1 is 1.05 bits per heavy atom. The summed E-state index contributed by atoms with van der Waals surface area (Å²) in [5, 5.41) is 3.67. The zero-order valence-electron chi connectivity index (χ0n) is 13.2. The fourth-order valence-electron chi connectivity index (χ4n) is 2.93. The van der Waals surface area contributed by atoms with Gasteiger partial charge in [0.25, 0.3) is 0 Å². The van der Waals surface area contributed by atoms with Crippen molar-refractivity contribution in [2.24, 2.45) is 11.8 Å². The molecule has 2 rings (SSSR count). The first-order valence-electron chi connectivity index (χ1n) is 8.04. The van der Waals surface area contributed by atoms with Crippen LogP contribution in [0.15, 0.2) is 24.3 Å². The summed E-state index contributed by atoms with van der Waals surface area (Å²) in [6.07, 6.45) is 3.56. The number of rotatable bonds is 6. The van der Waals surface area contributed by atoms with E-state index in [1.54, 1.807) is 0 Å². The fraction of sp³-hybridized carbons (Fsp3) is 0.667. The molecule has 1 N–H and O–H groups in total. The zero-order valence-corrected chi connectivity index (χ0v) is 13.2. The molecule has 1 atom stereocenters. The van der Waals surface area contributed by atoms with Gasteiger partial charge in [-0.25, -0.2) is 0 Å². The molecule has 0 radical (unpaired) electrons. The van der Waals surface area contributed by atoms with Gasteiger partial charge in [0.15, 0.2) is 0 Å². The molecule has 0 spiro atoms. The standard InChI is InChI=1S/C18H29NO/c1-14(2)12-16-4-6-17(7-5-16)13-19-15(3)18-8-10-20-11-9-18/h4-7,14-15,18-19H,8-13H2,1-3H3. The van der Waals surface area contributed by atoms with Crippen molar-refractivity contribution in [2.45, 2.75) is 52.6 Å². The van der Waals surface area contributed by atoms with Gasteiger partial charge in [-0.2, -0.15) is 0 Å². The van der Waals surface area contributed by atoms with Crippen molar-refractivity contribution in [3.8, 4) is 0 Å². The topological polar surface area (TPSA) is 21.3 Å². The molecule has 0 bridgehead atoms. The molecule has 20 heavy (non-hydrogen) atoms. The van der Waals surface area contributed by atoms with Crippen LogP contribution in [0.2, 0.25) is 0 Å². The van der Waals surface area contributed by atoms with Gasteiger partial charge in [0, 0.05) is 25.8 Å². The van der Waals surface area contributed by atoms with Crippen LogP contribution >= 0.6 is 0 Å². The Morgan fingerprint density at radius 3 is 2.25 bits per heavy atom. The Balaban J connectivity index is 1.78. The van der Waals surface area contributed by atoms with E-state index >= 15 is 0 Å². The van der Waals surface area contributed by atoms with E-state index in [4.69, 9.17) is 4.74 Å². The van der Waals surface area contributed by atoms with Crippen LogP contribution in [0.4, 0.5) is 0 Å². The summed E-state index contributed by atoms with van der Waals surface area (Å²) in [5.74, 6) is 1.50. The van der Waals surface area contributed by atoms with Gasteiger partial charge in [0.05, 0.1) is 0 Å². The van der Waals surface area contributed by atoms with Crippen LogP contribution in [0, 0.1) is 11.8 Å². The lowest BCUT2D eigenvalue weighted by Crippen LogP contribution is -2.36. The largest absolute Gasteiger partial charge is 0.381 e. The van der Waals surface area contributed by atoms with Crippen LogP contribution in [-0.2, 0) is 17.7 Å². The highest BCUT2D eigenvalue weighted by Gasteiger charge is 2.19. The second kappa shape index (κ2) is 7.80. The average molecular weight is 275 g/mol. The molecule has 1 aromatic carbocycles. The SMILES string of the molecule is CC(C)Cc1ccc(CNC(C)C2CCOCC2)cc1. The summed E-state index contributed by atoms with van der Waals surface area (Å²) in [4.78, 5) is 0. The first kappa shape index (κ1) is 15.5. The van der Waals surface area contributed by atoms with Crippen LogP contribution in [0.5, 0.6) is 0 Å². The molecule has 0 amide bonds. The third-order valence-corrected chi connectivity index (χ3v) is 4.27. The maximum absolute atomic E-state index is 5.43. The minimum absolute atomic E-state index is 0.578. The summed E-state index contributed by atoms with van der Waals surface area (Å²) in [5.41, 5.74) is 2.83. The lowest BCUT2D eigenvalue weighted by Gasteiger charge is -2.28. The van der Waals surface area contributed by atoms with Gasteiger partial charge >= 0.3 is 0 Å². The normalized spacial score (nSPS) is 18.4. The summed E-state index contributed by atoms with van der Waals surface area (Å²) >= 11 is 0. The molecule has 1 aromatic rings. The van der Waals surface area contributed by atoms with Crippen LogP contribution < -0.4 is 5.32 Å². The maximum atomic E-state index is 5.43. The van der Waals surface area contributed by atoms with E-state index in [1.165, 1.54) is 30.4 Å². The van der Waals surface area contributed by atoms with Crippen molar-refractivity contribution in [2.75, 3.05) is 13.2 Å². The second-order valence-corrected chi connectivity index (χ2v) is 6.53. The Bertz CT molecular complexity index is 379. The summed E-state index contributed by atoms with van der Waals surface area (Å²) in [6.45, 7) is 9.68. The first-order valence-corrected chi connectivity index (χ1v) is 8.04. The van der Waals surface area contributed by atoms with Gasteiger partial charge in [-0.3, -0.25) is 0 Å². The molecule has 2 heteroatoms. The van der Waals surface area contributed by atoms with Crippen molar-refractivity contribution in [3.05, 3.63) is 35.4 Å². The van der Waals surface area contributed by atoms with Crippen molar-refractivity contribution in [1.29, 1.82) is 0 Å². The highest BCUT2D eigenvalue weighted by molar-refractivity contribution is 5.22. The molecule has 2 nitrogen and oxygen atoms in total. The molecule has 0 saturated carbocycles. The van der Waals surface area contributed by atoms with Crippen molar-refractivity contribution in [3.63, 3.8) is 0 Å². The molecule has 1 aliphatic heterocycles. The second-order valence-electron chi connectivity index (χ2n) is 6.53. The Kier molecular flexibility index (Phi) is 6.06. The van der Waals surface area contributed by atoms with Gasteiger partial charge in [-0.05, 0) is 49.1 Å². The van der Waals surface area contributed by atoms with E-state index in [-0.39, 0.29) is 0 Å². The Morgan fingerprint density at radius 2 is 1.65 bits per heavy atom. The smallest absolute Gasteiger partial charge is 0.0469 e. The number of nitrogens with one attached hydrogen (secondary N) is 1.